The van der Waals surface area contributed by atoms with Crippen LogP contribution in [0.4, 0.5) is 4.79 Å². The molecule has 0 aliphatic carbocycles. The molecule has 2 rings (SSSR count). The van der Waals surface area contributed by atoms with E-state index in [-0.39, 0.29) is 6.17 Å². The lowest BCUT2D eigenvalue weighted by atomic mass is 10.0. The molecule has 1 aromatic rings. The fourth-order valence-corrected chi connectivity index (χ4v) is 2.45. The first kappa shape index (κ1) is 15.1. The van der Waals surface area contributed by atoms with Crippen molar-refractivity contribution >= 4 is 17.7 Å². The van der Waals surface area contributed by atoms with Crippen LogP contribution in [0, 0.1) is 0 Å². The summed E-state index contributed by atoms with van der Waals surface area (Å²) in [5, 5.41) is 6.89. The van der Waals surface area contributed by atoms with E-state index in [0.717, 1.165) is 18.0 Å². The van der Waals surface area contributed by atoms with Gasteiger partial charge in [0.2, 0.25) is 0 Å². The SMILES string of the molecule is CC(C)(C)OC(=O)NC1Cc2cc(Cl)ccc2CCN1. The lowest BCUT2D eigenvalue weighted by Gasteiger charge is -2.23. The second kappa shape index (κ2) is 6.02. The molecular formula is C15H21ClN2O2. The number of benzene rings is 1. The van der Waals surface area contributed by atoms with E-state index in [9.17, 15) is 4.79 Å². The molecule has 5 heteroatoms. The molecule has 1 unspecified atom stereocenters. The highest BCUT2D eigenvalue weighted by molar-refractivity contribution is 6.30. The van der Waals surface area contributed by atoms with Gasteiger partial charge in [-0.2, -0.15) is 0 Å². The number of hydrogen-bond donors (Lipinski definition) is 2. The number of amides is 1. The van der Waals surface area contributed by atoms with Gasteiger partial charge in [0, 0.05) is 18.0 Å². The molecule has 1 aliphatic rings. The number of hydrogen-bond acceptors (Lipinski definition) is 3. The van der Waals surface area contributed by atoms with Gasteiger partial charge in [0.15, 0.2) is 0 Å². The maximum atomic E-state index is 11.8. The zero-order valence-electron chi connectivity index (χ0n) is 12.1. The highest BCUT2D eigenvalue weighted by Crippen LogP contribution is 2.19. The predicted octanol–water partition coefficient (Wildman–Crippen LogP) is 2.88. The van der Waals surface area contributed by atoms with E-state index < -0.39 is 11.7 Å². The van der Waals surface area contributed by atoms with Gasteiger partial charge in [-0.3, -0.25) is 5.32 Å². The van der Waals surface area contributed by atoms with Gasteiger partial charge in [-0.1, -0.05) is 17.7 Å². The van der Waals surface area contributed by atoms with Gasteiger partial charge in [0.25, 0.3) is 0 Å². The van der Waals surface area contributed by atoms with Crippen LogP contribution in [0.1, 0.15) is 31.9 Å². The average Bonchev–Trinajstić information content (AvgIpc) is 2.47. The van der Waals surface area contributed by atoms with Gasteiger partial charge in [-0.15, -0.1) is 0 Å². The summed E-state index contributed by atoms with van der Waals surface area (Å²) in [4.78, 5) is 11.8. The van der Waals surface area contributed by atoms with Crippen LogP contribution in [0.5, 0.6) is 0 Å². The van der Waals surface area contributed by atoms with Crippen molar-refractivity contribution in [2.24, 2.45) is 0 Å². The highest BCUT2D eigenvalue weighted by Gasteiger charge is 2.21. The molecule has 0 saturated carbocycles. The Labute approximate surface area is 124 Å². The molecule has 1 aliphatic heterocycles. The molecule has 1 heterocycles. The molecule has 0 bridgehead atoms. The Bertz CT molecular complexity index is 497. The van der Waals surface area contributed by atoms with E-state index >= 15 is 0 Å². The van der Waals surface area contributed by atoms with Gasteiger partial charge in [-0.25, -0.2) is 4.79 Å². The number of halogens is 1. The van der Waals surface area contributed by atoms with E-state index in [0.29, 0.717) is 6.42 Å². The summed E-state index contributed by atoms with van der Waals surface area (Å²) in [6.45, 7) is 6.36. The number of rotatable bonds is 1. The van der Waals surface area contributed by atoms with Gasteiger partial charge < -0.3 is 10.1 Å². The van der Waals surface area contributed by atoms with Crippen molar-refractivity contribution in [3.63, 3.8) is 0 Å². The first-order valence-corrected chi connectivity index (χ1v) is 7.21. The molecule has 4 nitrogen and oxygen atoms in total. The molecule has 2 N–H and O–H groups in total. The standard InChI is InChI=1S/C15H21ClN2O2/c1-15(2,3)20-14(19)18-13-9-11-8-12(16)5-4-10(11)6-7-17-13/h4-5,8,13,17H,6-7,9H2,1-3H3,(H,18,19). The van der Waals surface area contributed by atoms with E-state index in [1.807, 2.05) is 32.9 Å². The van der Waals surface area contributed by atoms with Crippen LogP contribution >= 0.6 is 11.6 Å². The Hall–Kier alpha value is -1.26. The monoisotopic (exact) mass is 296 g/mol. The van der Waals surface area contributed by atoms with Crippen LogP contribution in [0.3, 0.4) is 0 Å². The number of alkyl carbamates (subject to hydrolysis) is 1. The summed E-state index contributed by atoms with van der Waals surface area (Å²) >= 11 is 6.04. The second-order valence-corrected chi connectivity index (χ2v) is 6.46. The molecule has 1 aromatic carbocycles. The summed E-state index contributed by atoms with van der Waals surface area (Å²) < 4.78 is 5.28. The fraction of sp³-hybridized carbons (Fsp3) is 0.533. The van der Waals surface area contributed by atoms with E-state index in [1.165, 1.54) is 11.1 Å². The third-order valence-electron chi connectivity index (χ3n) is 3.07. The van der Waals surface area contributed by atoms with Crippen molar-refractivity contribution in [1.29, 1.82) is 0 Å². The zero-order valence-corrected chi connectivity index (χ0v) is 12.9. The number of carbonyl (C=O) groups excluding carboxylic acids is 1. The normalized spacial score (nSPS) is 18.9. The molecule has 0 spiro atoms. The van der Waals surface area contributed by atoms with Gasteiger partial charge in [-0.05, 0) is 50.5 Å². The Morgan fingerprint density at radius 2 is 2.15 bits per heavy atom. The van der Waals surface area contributed by atoms with Crippen molar-refractivity contribution < 1.29 is 9.53 Å². The van der Waals surface area contributed by atoms with Gasteiger partial charge >= 0.3 is 6.09 Å². The molecule has 0 aromatic heterocycles. The molecule has 0 radical (unpaired) electrons. The number of carbonyl (C=O) groups is 1. The van der Waals surface area contributed by atoms with Crippen molar-refractivity contribution in [2.45, 2.75) is 45.4 Å². The van der Waals surface area contributed by atoms with Crippen LogP contribution in [0.2, 0.25) is 5.02 Å². The molecular weight excluding hydrogens is 276 g/mol. The highest BCUT2D eigenvalue weighted by atomic mass is 35.5. The Kier molecular flexibility index (Phi) is 4.55. The van der Waals surface area contributed by atoms with E-state index in [2.05, 4.69) is 16.7 Å². The van der Waals surface area contributed by atoms with Crippen molar-refractivity contribution in [3.8, 4) is 0 Å². The smallest absolute Gasteiger partial charge is 0.408 e. The fourth-order valence-electron chi connectivity index (χ4n) is 2.25. The summed E-state index contributed by atoms with van der Waals surface area (Å²) in [5.41, 5.74) is 1.95. The van der Waals surface area contributed by atoms with Crippen molar-refractivity contribution in [3.05, 3.63) is 34.3 Å². The minimum atomic E-state index is -0.490. The summed E-state index contributed by atoms with van der Waals surface area (Å²) in [5.74, 6) is 0. The largest absolute Gasteiger partial charge is 0.444 e. The first-order valence-electron chi connectivity index (χ1n) is 6.84. The molecule has 0 saturated heterocycles. The van der Waals surface area contributed by atoms with Gasteiger partial charge in [0.05, 0.1) is 6.17 Å². The van der Waals surface area contributed by atoms with Crippen LogP contribution in [0.15, 0.2) is 18.2 Å². The quantitative estimate of drug-likeness (QED) is 0.838. The minimum absolute atomic E-state index is 0.135. The third-order valence-corrected chi connectivity index (χ3v) is 3.30. The lowest BCUT2D eigenvalue weighted by molar-refractivity contribution is 0.0495. The van der Waals surface area contributed by atoms with Crippen molar-refractivity contribution in [1.82, 2.24) is 10.6 Å². The third kappa shape index (κ3) is 4.39. The van der Waals surface area contributed by atoms with Crippen molar-refractivity contribution in [2.75, 3.05) is 6.54 Å². The number of fused-ring (bicyclic) bond motifs is 1. The Balaban J connectivity index is 2.02. The first-order chi connectivity index (χ1) is 9.33. The van der Waals surface area contributed by atoms with Crippen LogP contribution in [-0.2, 0) is 17.6 Å². The topological polar surface area (TPSA) is 50.4 Å². The predicted molar refractivity (Wildman–Crippen MR) is 80.0 cm³/mol. The maximum Gasteiger partial charge on any atom is 0.408 e. The average molecular weight is 297 g/mol. The zero-order chi connectivity index (χ0) is 14.8. The molecule has 1 amide bonds. The lowest BCUT2D eigenvalue weighted by Crippen LogP contribution is -2.48. The summed E-state index contributed by atoms with van der Waals surface area (Å²) in [6, 6.07) is 5.92. The minimum Gasteiger partial charge on any atom is -0.444 e. The Morgan fingerprint density at radius 1 is 1.40 bits per heavy atom. The molecule has 0 fully saturated rings. The molecule has 110 valence electrons. The second-order valence-electron chi connectivity index (χ2n) is 6.02. The summed E-state index contributed by atoms with van der Waals surface area (Å²) in [6.07, 6.45) is 1.10. The number of nitrogens with one attached hydrogen (secondary N) is 2. The van der Waals surface area contributed by atoms with Crippen LogP contribution in [-0.4, -0.2) is 24.4 Å². The molecule has 20 heavy (non-hydrogen) atoms. The summed E-state index contributed by atoms with van der Waals surface area (Å²) in [7, 11) is 0. The van der Waals surface area contributed by atoms with E-state index in [1.54, 1.807) is 0 Å². The van der Waals surface area contributed by atoms with Crippen LogP contribution in [0.25, 0.3) is 0 Å². The number of ether oxygens (including phenoxy) is 1. The van der Waals surface area contributed by atoms with Gasteiger partial charge in [0.1, 0.15) is 5.60 Å². The molecule has 1 atom stereocenters. The van der Waals surface area contributed by atoms with Crippen LogP contribution < -0.4 is 10.6 Å². The maximum absolute atomic E-state index is 11.8. The van der Waals surface area contributed by atoms with E-state index in [4.69, 9.17) is 16.3 Å². The Morgan fingerprint density at radius 3 is 2.85 bits per heavy atom.